The van der Waals surface area contributed by atoms with Crippen molar-refractivity contribution in [3.63, 3.8) is 0 Å². The highest BCUT2D eigenvalue weighted by molar-refractivity contribution is 5.80. The van der Waals surface area contributed by atoms with Gasteiger partial charge in [-0.1, -0.05) is 12.2 Å². The minimum absolute atomic E-state index is 0.160. The summed E-state index contributed by atoms with van der Waals surface area (Å²) < 4.78 is 5.21. The topological polar surface area (TPSA) is 81.4 Å². The van der Waals surface area contributed by atoms with Gasteiger partial charge in [0.1, 0.15) is 5.60 Å². The van der Waals surface area contributed by atoms with Gasteiger partial charge < -0.3 is 15.8 Å². The summed E-state index contributed by atoms with van der Waals surface area (Å²) in [5, 5.41) is 2.79. The molecule has 0 radical (unpaired) electrons. The first kappa shape index (κ1) is 12.9. The molecule has 1 saturated carbocycles. The van der Waals surface area contributed by atoms with Crippen LogP contribution in [0, 0.1) is 17.8 Å². The van der Waals surface area contributed by atoms with Crippen LogP contribution in [0.4, 0.5) is 4.79 Å². The number of allylic oxidation sites excluding steroid dienone is 1. The number of alkyl carbamates (subject to hydrolysis) is 1. The van der Waals surface area contributed by atoms with Crippen molar-refractivity contribution in [3.05, 3.63) is 12.2 Å². The normalized spacial score (nSPS) is 33.5. The standard InChI is InChI=1S/C13H20N2O3/c1-13(2,3)18-12(17)15-10-8-5-4-7(6-8)9(10)11(14)16/h4-5,7-10H,6H2,1-3H3,(H2,14,16)(H,15,17)/t7-,8+,9?,10-/m1/s1. The summed E-state index contributed by atoms with van der Waals surface area (Å²) in [7, 11) is 0. The van der Waals surface area contributed by atoms with E-state index in [0.717, 1.165) is 6.42 Å². The first-order chi connectivity index (χ1) is 8.28. The van der Waals surface area contributed by atoms with Gasteiger partial charge in [-0.25, -0.2) is 4.79 Å². The third kappa shape index (κ3) is 2.49. The molecule has 0 heterocycles. The van der Waals surface area contributed by atoms with Crippen molar-refractivity contribution >= 4 is 12.0 Å². The number of nitrogens with two attached hydrogens (primary N) is 1. The van der Waals surface area contributed by atoms with Crippen LogP contribution >= 0.6 is 0 Å². The second-order valence-electron chi connectivity index (χ2n) is 6.05. The van der Waals surface area contributed by atoms with Crippen molar-refractivity contribution < 1.29 is 14.3 Å². The number of nitrogens with one attached hydrogen (secondary N) is 1. The Hall–Kier alpha value is -1.52. The zero-order chi connectivity index (χ0) is 13.5. The smallest absolute Gasteiger partial charge is 0.407 e. The van der Waals surface area contributed by atoms with E-state index in [0.29, 0.717) is 0 Å². The maximum atomic E-state index is 11.7. The molecule has 5 heteroatoms. The zero-order valence-electron chi connectivity index (χ0n) is 11.0. The summed E-state index contributed by atoms with van der Waals surface area (Å²) in [6.45, 7) is 5.41. The molecule has 100 valence electrons. The minimum Gasteiger partial charge on any atom is -0.444 e. The van der Waals surface area contributed by atoms with Crippen LogP contribution in [-0.4, -0.2) is 23.6 Å². The fourth-order valence-corrected chi connectivity index (χ4v) is 2.85. The molecule has 2 aliphatic carbocycles. The Morgan fingerprint density at radius 1 is 1.28 bits per heavy atom. The SMILES string of the molecule is CC(C)(C)OC(=O)N[C@H]1C(C(N)=O)[C@@H]2C=C[C@H]1C2. The lowest BCUT2D eigenvalue weighted by Crippen LogP contribution is -2.48. The Kier molecular flexibility index (Phi) is 3.09. The van der Waals surface area contributed by atoms with Gasteiger partial charge in [-0.15, -0.1) is 0 Å². The van der Waals surface area contributed by atoms with E-state index in [9.17, 15) is 9.59 Å². The van der Waals surface area contributed by atoms with Gasteiger partial charge in [0.2, 0.25) is 5.91 Å². The molecule has 0 saturated heterocycles. The lowest BCUT2D eigenvalue weighted by molar-refractivity contribution is -0.123. The molecule has 2 aliphatic rings. The summed E-state index contributed by atoms with van der Waals surface area (Å²) in [5.41, 5.74) is 4.87. The van der Waals surface area contributed by atoms with Crippen molar-refractivity contribution in [3.8, 4) is 0 Å². The number of rotatable bonds is 2. The monoisotopic (exact) mass is 252 g/mol. The van der Waals surface area contributed by atoms with Crippen LogP contribution in [0.5, 0.6) is 0 Å². The molecule has 2 rings (SSSR count). The molecule has 0 aliphatic heterocycles. The van der Waals surface area contributed by atoms with Crippen LogP contribution in [0.15, 0.2) is 12.2 Å². The first-order valence-corrected chi connectivity index (χ1v) is 6.25. The predicted molar refractivity (Wildman–Crippen MR) is 66.6 cm³/mol. The maximum absolute atomic E-state index is 11.7. The molecular weight excluding hydrogens is 232 g/mol. The molecule has 2 amide bonds. The predicted octanol–water partition coefficient (Wildman–Crippen LogP) is 1.19. The van der Waals surface area contributed by atoms with Gasteiger partial charge in [-0.3, -0.25) is 4.79 Å². The van der Waals surface area contributed by atoms with E-state index in [-0.39, 0.29) is 29.7 Å². The van der Waals surface area contributed by atoms with Gasteiger partial charge >= 0.3 is 6.09 Å². The van der Waals surface area contributed by atoms with Gasteiger partial charge in [0.25, 0.3) is 0 Å². The van der Waals surface area contributed by atoms with Crippen molar-refractivity contribution in [1.82, 2.24) is 5.32 Å². The molecule has 1 unspecified atom stereocenters. The lowest BCUT2D eigenvalue weighted by atomic mass is 9.88. The maximum Gasteiger partial charge on any atom is 0.407 e. The Morgan fingerprint density at radius 3 is 2.44 bits per heavy atom. The summed E-state index contributed by atoms with van der Waals surface area (Å²) >= 11 is 0. The Balaban J connectivity index is 2.02. The number of fused-ring (bicyclic) bond motifs is 2. The van der Waals surface area contributed by atoms with E-state index in [1.54, 1.807) is 20.8 Å². The van der Waals surface area contributed by atoms with E-state index in [4.69, 9.17) is 10.5 Å². The minimum atomic E-state index is -0.542. The fourth-order valence-electron chi connectivity index (χ4n) is 2.85. The number of carbonyl (C=O) groups excluding carboxylic acids is 2. The summed E-state index contributed by atoms with van der Waals surface area (Å²) in [6.07, 6.45) is 4.47. The van der Waals surface area contributed by atoms with E-state index >= 15 is 0 Å². The van der Waals surface area contributed by atoms with Gasteiger partial charge in [-0.05, 0) is 39.0 Å². The third-order valence-corrected chi connectivity index (χ3v) is 3.47. The van der Waals surface area contributed by atoms with Crippen molar-refractivity contribution in [2.75, 3.05) is 0 Å². The molecule has 18 heavy (non-hydrogen) atoms. The Morgan fingerprint density at radius 2 is 1.89 bits per heavy atom. The zero-order valence-corrected chi connectivity index (χ0v) is 11.0. The quantitative estimate of drug-likeness (QED) is 0.724. The van der Waals surface area contributed by atoms with Crippen LogP contribution in [0.25, 0.3) is 0 Å². The molecule has 0 aromatic heterocycles. The average Bonchev–Trinajstić information content (AvgIpc) is 2.73. The molecule has 3 N–H and O–H groups in total. The van der Waals surface area contributed by atoms with E-state index in [1.165, 1.54) is 0 Å². The number of hydrogen-bond acceptors (Lipinski definition) is 3. The number of carbonyl (C=O) groups is 2. The van der Waals surface area contributed by atoms with E-state index in [2.05, 4.69) is 5.32 Å². The summed E-state index contributed by atoms with van der Waals surface area (Å²) in [4.78, 5) is 23.2. The number of amides is 2. The van der Waals surface area contributed by atoms with Gasteiger partial charge in [0, 0.05) is 0 Å². The highest BCUT2D eigenvalue weighted by Gasteiger charge is 2.48. The van der Waals surface area contributed by atoms with Crippen LogP contribution in [-0.2, 0) is 9.53 Å². The number of ether oxygens (including phenoxy) is 1. The van der Waals surface area contributed by atoms with E-state index < -0.39 is 11.7 Å². The van der Waals surface area contributed by atoms with Crippen molar-refractivity contribution in [2.45, 2.75) is 38.8 Å². The van der Waals surface area contributed by atoms with Gasteiger partial charge in [-0.2, -0.15) is 0 Å². The van der Waals surface area contributed by atoms with E-state index in [1.807, 2.05) is 12.2 Å². The summed E-state index contributed by atoms with van der Waals surface area (Å²) in [6, 6.07) is -0.229. The van der Waals surface area contributed by atoms with Gasteiger partial charge in [0.05, 0.1) is 12.0 Å². The number of hydrogen-bond donors (Lipinski definition) is 2. The lowest BCUT2D eigenvalue weighted by Gasteiger charge is -2.28. The molecule has 0 aromatic rings. The molecular formula is C13H20N2O3. The second kappa shape index (κ2) is 4.30. The van der Waals surface area contributed by atoms with Crippen LogP contribution < -0.4 is 11.1 Å². The van der Waals surface area contributed by atoms with Crippen LogP contribution in [0.3, 0.4) is 0 Å². The van der Waals surface area contributed by atoms with Crippen molar-refractivity contribution in [2.24, 2.45) is 23.5 Å². The van der Waals surface area contributed by atoms with Crippen LogP contribution in [0.2, 0.25) is 0 Å². The van der Waals surface area contributed by atoms with Crippen LogP contribution in [0.1, 0.15) is 27.2 Å². The highest BCUT2D eigenvalue weighted by atomic mass is 16.6. The largest absolute Gasteiger partial charge is 0.444 e. The molecule has 1 fully saturated rings. The first-order valence-electron chi connectivity index (χ1n) is 6.25. The molecule has 2 bridgehead atoms. The Labute approximate surface area is 107 Å². The third-order valence-electron chi connectivity index (χ3n) is 3.47. The average molecular weight is 252 g/mol. The number of primary amides is 1. The molecule has 5 nitrogen and oxygen atoms in total. The van der Waals surface area contributed by atoms with Crippen molar-refractivity contribution in [1.29, 1.82) is 0 Å². The molecule has 0 spiro atoms. The Bertz CT molecular complexity index is 398. The second-order valence-corrected chi connectivity index (χ2v) is 6.05. The highest BCUT2D eigenvalue weighted by Crippen LogP contribution is 2.43. The fraction of sp³-hybridized carbons (Fsp3) is 0.692. The van der Waals surface area contributed by atoms with Gasteiger partial charge in [0.15, 0.2) is 0 Å². The molecule has 4 atom stereocenters. The molecule has 0 aromatic carbocycles. The summed E-state index contributed by atoms with van der Waals surface area (Å²) in [5.74, 6) is -0.312.